The van der Waals surface area contributed by atoms with E-state index in [-0.39, 0.29) is 13.2 Å². The maximum Gasteiger partial charge on any atom is 0.338 e. The normalized spacial score (nSPS) is 14.7. The topological polar surface area (TPSA) is 110 Å². The summed E-state index contributed by atoms with van der Waals surface area (Å²) in [6.45, 7) is 3.82. The number of ether oxygens (including phenoxy) is 3. The molecule has 11 heteroatoms. The van der Waals surface area contributed by atoms with Crippen LogP contribution in [0.2, 0.25) is 5.02 Å². The van der Waals surface area contributed by atoms with Crippen LogP contribution in [0.25, 0.3) is 0 Å². The van der Waals surface area contributed by atoms with Crippen LogP contribution >= 0.6 is 23.8 Å². The molecule has 0 saturated carbocycles. The number of nitrogens with zero attached hydrogens (tertiary/aromatic N) is 1. The maximum absolute atomic E-state index is 12.7. The molecule has 1 aliphatic rings. The molecule has 0 aromatic heterocycles. The van der Waals surface area contributed by atoms with Crippen molar-refractivity contribution in [2.45, 2.75) is 26.5 Å². The van der Waals surface area contributed by atoms with E-state index in [1.807, 2.05) is 54.6 Å². The van der Waals surface area contributed by atoms with Crippen molar-refractivity contribution in [1.82, 2.24) is 16.1 Å². The Kier molecular flexibility index (Phi) is 10.3. The monoisotopic (exact) mass is 592 g/mol. The molecule has 0 fully saturated rings. The average molecular weight is 593 g/mol. The van der Waals surface area contributed by atoms with Crippen molar-refractivity contribution < 1.29 is 23.8 Å². The zero-order valence-electron chi connectivity index (χ0n) is 22.5. The van der Waals surface area contributed by atoms with Gasteiger partial charge >= 0.3 is 5.97 Å². The fraction of sp³-hybridized carbons (Fsp3) is 0.200. The van der Waals surface area contributed by atoms with Crippen LogP contribution in [-0.2, 0) is 20.9 Å². The smallest absolute Gasteiger partial charge is 0.338 e. The standard InChI is InChI=1S/C30H29ClN4O5S/c1-3-38-29(37)27-19(2)33-30(41)34-28(27)24-9-4-5-10-25(24)40-18-26(36)35-32-16-20-11-13-23(14-12-20)39-17-21-7-6-8-22(31)15-21/h4-16,28H,3,17-18H2,1-2H3,(H,35,36)(H2,33,34,41)/t28-/m0/s1. The van der Waals surface area contributed by atoms with Crippen LogP contribution in [0, 0.1) is 0 Å². The summed E-state index contributed by atoms with van der Waals surface area (Å²) < 4.78 is 16.8. The minimum absolute atomic E-state index is 0.230. The lowest BCUT2D eigenvalue weighted by Gasteiger charge is -2.30. The molecule has 3 aromatic rings. The van der Waals surface area contributed by atoms with Crippen molar-refractivity contribution in [2.24, 2.45) is 5.10 Å². The van der Waals surface area contributed by atoms with Crippen LogP contribution in [0.4, 0.5) is 0 Å². The zero-order valence-corrected chi connectivity index (χ0v) is 24.1. The fourth-order valence-electron chi connectivity index (χ4n) is 4.05. The number of allylic oxidation sites excluding steroid dienone is 1. The number of carbonyl (C=O) groups excluding carboxylic acids is 2. The number of carbonyl (C=O) groups is 2. The summed E-state index contributed by atoms with van der Waals surface area (Å²) >= 11 is 11.3. The van der Waals surface area contributed by atoms with Crippen molar-refractivity contribution in [1.29, 1.82) is 0 Å². The number of rotatable bonds is 11. The average Bonchev–Trinajstić information content (AvgIpc) is 2.95. The molecular formula is C30H29ClN4O5S. The third-order valence-corrected chi connectivity index (χ3v) is 6.39. The number of benzene rings is 3. The van der Waals surface area contributed by atoms with E-state index in [1.165, 1.54) is 6.21 Å². The summed E-state index contributed by atoms with van der Waals surface area (Å²) in [5, 5.41) is 11.1. The molecule has 4 rings (SSSR count). The van der Waals surface area contributed by atoms with Gasteiger partial charge in [0.1, 0.15) is 18.1 Å². The SMILES string of the molecule is CCOC(=O)C1=C(C)NC(=S)N[C@H]1c1ccccc1OCC(=O)NN=Cc1ccc(OCc2cccc(Cl)c2)cc1. The second-order valence-electron chi connectivity index (χ2n) is 8.90. The van der Waals surface area contributed by atoms with E-state index in [4.69, 9.17) is 38.0 Å². The van der Waals surface area contributed by atoms with Crippen molar-refractivity contribution >= 4 is 47.0 Å². The van der Waals surface area contributed by atoms with Crippen LogP contribution in [0.1, 0.15) is 36.6 Å². The van der Waals surface area contributed by atoms with Crippen LogP contribution in [-0.4, -0.2) is 36.4 Å². The highest BCUT2D eigenvalue weighted by molar-refractivity contribution is 7.80. The minimum atomic E-state index is -0.613. The second kappa shape index (κ2) is 14.3. The largest absolute Gasteiger partial charge is 0.489 e. The van der Waals surface area contributed by atoms with E-state index in [9.17, 15) is 9.59 Å². The highest BCUT2D eigenvalue weighted by Gasteiger charge is 2.32. The molecule has 41 heavy (non-hydrogen) atoms. The third-order valence-electron chi connectivity index (χ3n) is 5.93. The Hall–Kier alpha value is -4.41. The lowest BCUT2D eigenvalue weighted by molar-refractivity contribution is -0.139. The lowest BCUT2D eigenvalue weighted by Crippen LogP contribution is -2.45. The summed E-state index contributed by atoms with van der Waals surface area (Å²) in [6, 6.07) is 21.2. The lowest BCUT2D eigenvalue weighted by atomic mass is 9.95. The number of para-hydroxylation sites is 1. The molecule has 0 bridgehead atoms. The number of hydrazone groups is 1. The first-order valence-corrected chi connectivity index (χ1v) is 13.6. The van der Waals surface area contributed by atoms with E-state index in [2.05, 4.69) is 21.2 Å². The van der Waals surface area contributed by atoms with Gasteiger partial charge in [0.05, 0.1) is 24.4 Å². The number of halogens is 1. The van der Waals surface area contributed by atoms with Gasteiger partial charge in [0, 0.05) is 16.3 Å². The Balaban J connectivity index is 1.32. The number of hydrogen-bond donors (Lipinski definition) is 3. The van der Waals surface area contributed by atoms with E-state index >= 15 is 0 Å². The summed E-state index contributed by atoms with van der Waals surface area (Å²) in [5.74, 6) is 0.180. The van der Waals surface area contributed by atoms with Gasteiger partial charge < -0.3 is 24.8 Å². The molecule has 0 saturated heterocycles. The third kappa shape index (κ3) is 8.29. The Morgan fingerprint density at radius 1 is 1.07 bits per heavy atom. The van der Waals surface area contributed by atoms with Gasteiger partial charge in [-0.25, -0.2) is 10.2 Å². The number of thiocarbonyl (C=S) groups is 1. The van der Waals surface area contributed by atoms with E-state index in [0.717, 1.165) is 11.1 Å². The quantitative estimate of drug-likeness (QED) is 0.126. The number of amides is 1. The van der Waals surface area contributed by atoms with E-state index in [1.54, 1.807) is 32.0 Å². The predicted octanol–water partition coefficient (Wildman–Crippen LogP) is 4.80. The Morgan fingerprint density at radius 3 is 2.61 bits per heavy atom. The molecule has 0 aliphatic carbocycles. The minimum Gasteiger partial charge on any atom is -0.489 e. The van der Waals surface area contributed by atoms with E-state index in [0.29, 0.717) is 45.1 Å². The van der Waals surface area contributed by atoms with Gasteiger partial charge in [0.15, 0.2) is 11.7 Å². The Morgan fingerprint density at radius 2 is 1.85 bits per heavy atom. The second-order valence-corrected chi connectivity index (χ2v) is 9.74. The van der Waals surface area contributed by atoms with Gasteiger partial charge in [0.2, 0.25) is 0 Å². The molecule has 3 N–H and O–H groups in total. The van der Waals surface area contributed by atoms with Gasteiger partial charge in [-0.1, -0.05) is 41.9 Å². The summed E-state index contributed by atoms with van der Waals surface area (Å²) in [4.78, 5) is 25.1. The molecule has 9 nitrogen and oxygen atoms in total. The number of nitrogens with one attached hydrogen (secondary N) is 3. The van der Waals surface area contributed by atoms with Gasteiger partial charge in [-0.3, -0.25) is 4.79 Å². The molecule has 1 aliphatic heterocycles. The Bertz CT molecular complexity index is 1480. The van der Waals surface area contributed by atoms with Gasteiger partial charge in [-0.05, 0) is 79.7 Å². The molecule has 3 aromatic carbocycles. The molecule has 0 radical (unpaired) electrons. The van der Waals surface area contributed by atoms with Crippen molar-refractivity contribution in [3.63, 3.8) is 0 Å². The first-order chi connectivity index (χ1) is 19.8. The molecule has 212 valence electrons. The molecule has 1 heterocycles. The van der Waals surface area contributed by atoms with Gasteiger partial charge in [-0.2, -0.15) is 5.10 Å². The van der Waals surface area contributed by atoms with Gasteiger partial charge in [0.25, 0.3) is 5.91 Å². The molecule has 1 atom stereocenters. The van der Waals surface area contributed by atoms with Crippen molar-refractivity contribution in [3.05, 3.63) is 106 Å². The Labute approximate surface area is 248 Å². The summed E-state index contributed by atoms with van der Waals surface area (Å²) in [6.07, 6.45) is 1.52. The van der Waals surface area contributed by atoms with Crippen molar-refractivity contribution in [2.75, 3.05) is 13.2 Å². The van der Waals surface area contributed by atoms with Crippen LogP contribution in [0.15, 0.2) is 89.2 Å². The molecule has 0 unspecified atom stereocenters. The highest BCUT2D eigenvalue weighted by atomic mass is 35.5. The fourth-order valence-corrected chi connectivity index (χ4v) is 4.54. The predicted molar refractivity (Wildman–Crippen MR) is 161 cm³/mol. The van der Waals surface area contributed by atoms with Crippen LogP contribution in [0.3, 0.4) is 0 Å². The van der Waals surface area contributed by atoms with E-state index < -0.39 is 17.9 Å². The summed E-state index contributed by atoms with van der Waals surface area (Å²) in [7, 11) is 0. The molecule has 0 spiro atoms. The molecular weight excluding hydrogens is 564 g/mol. The maximum atomic E-state index is 12.7. The van der Waals surface area contributed by atoms with Crippen molar-refractivity contribution in [3.8, 4) is 11.5 Å². The molecule has 1 amide bonds. The van der Waals surface area contributed by atoms with Crippen LogP contribution < -0.4 is 25.5 Å². The van der Waals surface area contributed by atoms with Gasteiger partial charge in [-0.15, -0.1) is 0 Å². The number of esters is 1. The zero-order chi connectivity index (χ0) is 29.2. The number of hydrogen-bond acceptors (Lipinski definition) is 7. The van der Waals surface area contributed by atoms with Crippen LogP contribution in [0.5, 0.6) is 11.5 Å². The summed E-state index contributed by atoms with van der Waals surface area (Å²) in [5.41, 5.74) is 5.79. The highest BCUT2D eigenvalue weighted by Crippen LogP contribution is 2.33. The first-order valence-electron chi connectivity index (χ1n) is 12.8. The first kappa shape index (κ1) is 29.6.